The normalized spacial score (nSPS) is 19.8. The minimum Gasteiger partial charge on any atom is -0.481 e. The Morgan fingerprint density at radius 2 is 2.11 bits per heavy atom. The van der Waals surface area contributed by atoms with Gasteiger partial charge in [-0.05, 0) is 24.5 Å². The summed E-state index contributed by atoms with van der Waals surface area (Å²) < 4.78 is 39.0. The van der Waals surface area contributed by atoms with Crippen LogP contribution in [0.4, 0.5) is 18.9 Å². The van der Waals surface area contributed by atoms with Gasteiger partial charge in [0.15, 0.2) is 0 Å². The largest absolute Gasteiger partial charge is 0.481 e. The topological polar surface area (TPSA) is 40.5 Å². The lowest BCUT2D eigenvalue weighted by Crippen LogP contribution is -2.23. The van der Waals surface area contributed by atoms with Gasteiger partial charge in [0.25, 0.3) is 0 Å². The molecule has 0 amide bonds. The van der Waals surface area contributed by atoms with E-state index < -0.39 is 23.6 Å². The highest BCUT2D eigenvalue weighted by Crippen LogP contribution is 2.40. The van der Waals surface area contributed by atoms with Crippen LogP contribution in [-0.4, -0.2) is 24.7 Å². The van der Waals surface area contributed by atoms with Gasteiger partial charge < -0.3 is 10.0 Å². The van der Waals surface area contributed by atoms with Gasteiger partial charge in [0.05, 0.1) is 17.2 Å². The predicted octanol–water partition coefficient (Wildman–Crippen LogP) is 2.79. The van der Waals surface area contributed by atoms with Crippen molar-refractivity contribution in [1.82, 2.24) is 0 Å². The van der Waals surface area contributed by atoms with Crippen LogP contribution in [0.5, 0.6) is 0 Å². The van der Waals surface area contributed by atoms with Gasteiger partial charge in [-0.2, -0.15) is 13.2 Å². The zero-order valence-corrected chi connectivity index (χ0v) is 10.4. The van der Waals surface area contributed by atoms with E-state index in [0.717, 1.165) is 6.07 Å². The van der Waals surface area contributed by atoms with E-state index in [-0.39, 0.29) is 12.1 Å². The molecule has 104 valence electrons. The molecule has 1 atom stereocenters. The molecule has 1 heterocycles. The molecule has 0 aromatic heterocycles. The second kappa shape index (κ2) is 4.75. The highest BCUT2D eigenvalue weighted by atomic mass is 19.4. The number of benzene rings is 1. The number of alkyl halides is 3. The second-order valence-electron chi connectivity index (χ2n) is 4.76. The minimum atomic E-state index is -4.43. The van der Waals surface area contributed by atoms with Gasteiger partial charge >= 0.3 is 12.1 Å². The fraction of sp³-hybridized carbons (Fsp3) is 0.462. The van der Waals surface area contributed by atoms with Crippen molar-refractivity contribution in [3.8, 4) is 0 Å². The quantitative estimate of drug-likeness (QED) is 0.855. The standard InChI is InChI=1S/C13H14F3NO2/c1-17-6-5-9(12(18)19)7-8-3-2-4-10(11(8)17)13(14,15)16/h2-4,9H,5-7H2,1H3,(H,18,19). The number of hydrogen-bond donors (Lipinski definition) is 1. The number of fused-ring (bicyclic) bond motifs is 1. The Hall–Kier alpha value is -1.72. The van der Waals surface area contributed by atoms with E-state index in [1.54, 1.807) is 13.1 Å². The lowest BCUT2D eigenvalue weighted by molar-refractivity contribution is -0.141. The average Bonchev–Trinajstić information content (AvgIpc) is 2.48. The highest BCUT2D eigenvalue weighted by Gasteiger charge is 2.37. The first-order chi connectivity index (χ1) is 8.80. The molecule has 1 aliphatic rings. The lowest BCUT2D eigenvalue weighted by Gasteiger charge is -2.23. The van der Waals surface area contributed by atoms with Crippen LogP contribution in [0.1, 0.15) is 17.5 Å². The molecular formula is C13H14F3NO2. The van der Waals surface area contributed by atoms with Crippen molar-refractivity contribution in [3.63, 3.8) is 0 Å². The van der Waals surface area contributed by atoms with Crippen molar-refractivity contribution in [2.75, 3.05) is 18.5 Å². The van der Waals surface area contributed by atoms with Crippen LogP contribution in [0.15, 0.2) is 18.2 Å². The third-order valence-corrected chi connectivity index (χ3v) is 3.44. The van der Waals surface area contributed by atoms with Crippen LogP contribution in [0, 0.1) is 5.92 Å². The third kappa shape index (κ3) is 2.67. The molecule has 0 saturated heterocycles. The van der Waals surface area contributed by atoms with E-state index in [1.807, 2.05) is 0 Å². The lowest BCUT2D eigenvalue weighted by atomic mass is 9.95. The predicted molar refractivity (Wildman–Crippen MR) is 64.2 cm³/mol. The van der Waals surface area contributed by atoms with Crippen LogP contribution < -0.4 is 4.90 Å². The fourth-order valence-corrected chi connectivity index (χ4v) is 2.48. The second-order valence-corrected chi connectivity index (χ2v) is 4.76. The SMILES string of the molecule is CN1CCC(C(=O)O)Cc2cccc(C(F)(F)F)c21. The van der Waals surface area contributed by atoms with Crippen LogP contribution in [0.25, 0.3) is 0 Å². The molecule has 0 saturated carbocycles. The number of para-hydroxylation sites is 1. The molecule has 1 unspecified atom stereocenters. The maximum Gasteiger partial charge on any atom is 0.418 e. The number of carbonyl (C=O) groups is 1. The summed E-state index contributed by atoms with van der Waals surface area (Å²) in [6.07, 6.45) is -3.95. The van der Waals surface area contributed by atoms with Crippen LogP contribution in [-0.2, 0) is 17.4 Å². The molecule has 1 aromatic rings. The van der Waals surface area contributed by atoms with Gasteiger partial charge in [0.1, 0.15) is 0 Å². The molecular weight excluding hydrogens is 259 g/mol. The molecule has 0 aliphatic carbocycles. The molecule has 0 bridgehead atoms. The summed E-state index contributed by atoms with van der Waals surface area (Å²) in [5, 5.41) is 9.06. The summed E-state index contributed by atoms with van der Waals surface area (Å²) in [6, 6.07) is 3.94. The summed E-state index contributed by atoms with van der Waals surface area (Å²) in [5.74, 6) is -1.59. The van der Waals surface area contributed by atoms with Crippen molar-refractivity contribution in [2.45, 2.75) is 19.0 Å². The van der Waals surface area contributed by atoms with E-state index in [0.29, 0.717) is 18.5 Å². The average molecular weight is 273 g/mol. The van der Waals surface area contributed by atoms with Crippen molar-refractivity contribution < 1.29 is 23.1 Å². The minimum absolute atomic E-state index is 0.110. The summed E-state index contributed by atoms with van der Waals surface area (Å²) >= 11 is 0. The van der Waals surface area contributed by atoms with Gasteiger partial charge in [0.2, 0.25) is 0 Å². The first-order valence-corrected chi connectivity index (χ1v) is 5.93. The van der Waals surface area contributed by atoms with E-state index >= 15 is 0 Å². The number of anilines is 1. The number of hydrogen-bond acceptors (Lipinski definition) is 2. The summed E-state index contributed by atoms with van der Waals surface area (Å²) in [4.78, 5) is 12.6. The fourth-order valence-electron chi connectivity index (χ4n) is 2.48. The Labute approximate surface area is 108 Å². The molecule has 1 aliphatic heterocycles. The molecule has 3 nitrogen and oxygen atoms in total. The van der Waals surface area contributed by atoms with E-state index in [2.05, 4.69) is 0 Å². The van der Waals surface area contributed by atoms with Crippen LogP contribution >= 0.6 is 0 Å². The zero-order valence-electron chi connectivity index (χ0n) is 10.4. The molecule has 0 fully saturated rings. The molecule has 1 aromatic carbocycles. The van der Waals surface area contributed by atoms with Crippen molar-refractivity contribution >= 4 is 11.7 Å². The third-order valence-electron chi connectivity index (χ3n) is 3.44. The van der Waals surface area contributed by atoms with E-state index in [4.69, 9.17) is 5.11 Å². The van der Waals surface area contributed by atoms with Crippen LogP contribution in [0.3, 0.4) is 0 Å². The first-order valence-electron chi connectivity index (χ1n) is 5.93. The first kappa shape index (κ1) is 13.7. The number of rotatable bonds is 1. The Morgan fingerprint density at radius 1 is 1.42 bits per heavy atom. The summed E-state index contributed by atoms with van der Waals surface area (Å²) in [7, 11) is 1.57. The number of nitrogens with zero attached hydrogens (tertiary/aromatic N) is 1. The van der Waals surface area contributed by atoms with Gasteiger partial charge in [-0.15, -0.1) is 0 Å². The number of halogens is 3. The van der Waals surface area contributed by atoms with Gasteiger partial charge in [0, 0.05) is 13.6 Å². The molecule has 2 rings (SSSR count). The molecule has 0 spiro atoms. The van der Waals surface area contributed by atoms with Gasteiger partial charge in [-0.1, -0.05) is 12.1 Å². The summed E-state index contributed by atoms with van der Waals surface area (Å²) in [5.41, 5.74) is -0.139. The van der Waals surface area contributed by atoms with Crippen LogP contribution in [0.2, 0.25) is 0 Å². The number of carboxylic acids is 1. The van der Waals surface area contributed by atoms with Crippen molar-refractivity contribution in [1.29, 1.82) is 0 Å². The zero-order chi connectivity index (χ0) is 14.2. The monoisotopic (exact) mass is 273 g/mol. The highest BCUT2D eigenvalue weighted by molar-refractivity contribution is 5.72. The maximum absolute atomic E-state index is 13.0. The Kier molecular flexibility index (Phi) is 3.43. The molecule has 0 radical (unpaired) electrons. The Balaban J connectivity index is 2.51. The van der Waals surface area contributed by atoms with Gasteiger partial charge in [-0.3, -0.25) is 4.79 Å². The van der Waals surface area contributed by atoms with Gasteiger partial charge in [-0.25, -0.2) is 0 Å². The Morgan fingerprint density at radius 3 is 2.68 bits per heavy atom. The Bertz CT molecular complexity index is 499. The van der Waals surface area contributed by atoms with Crippen molar-refractivity contribution in [3.05, 3.63) is 29.3 Å². The van der Waals surface area contributed by atoms with E-state index in [1.165, 1.54) is 11.0 Å². The molecule has 19 heavy (non-hydrogen) atoms. The van der Waals surface area contributed by atoms with E-state index in [9.17, 15) is 18.0 Å². The maximum atomic E-state index is 13.0. The molecule has 6 heteroatoms. The van der Waals surface area contributed by atoms with Crippen molar-refractivity contribution in [2.24, 2.45) is 5.92 Å². The molecule has 1 N–H and O–H groups in total. The number of carboxylic acid groups (broad SMARTS) is 1. The summed E-state index contributed by atoms with van der Waals surface area (Å²) in [6.45, 7) is 0.303. The smallest absolute Gasteiger partial charge is 0.418 e. The number of aliphatic carboxylic acids is 1.